The summed E-state index contributed by atoms with van der Waals surface area (Å²) in [5, 5.41) is 0.888. The summed E-state index contributed by atoms with van der Waals surface area (Å²) in [7, 11) is -7.89. The molecule has 12 heteroatoms. The van der Waals surface area contributed by atoms with Gasteiger partial charge in [-0.1, -0.05) is 66.2 Å². The van der Waals surface area contributed by atoms with Gasteiger partial charge in [0, 0.05) is 52.8 Å². The maximum Gasteiger partial charge on any atom is 0.282 e. The molecular weight excluding hydrogens is 610 g/mol. The van der Waals surface area contributed by atoms with Crippen LogP contribution in [0.1, 0.15) is 39.2 Å². The van der Waals surface area contributed by atoms with E-state index in [1.807, 2.05) is 24.3 Å². The zero-order valence-corrected chi connectivity index (χ0v) is 25.5. The van der Waals surface area contributed by atoms with E-state index in [0.717, 1.165) is 17.4 Å². The van der Waals surface area contributed by atoms with Crippen molar-refractivity contribution in [3.63, 3.8) is 0 Å². The standard InChI is InChI=1S/C31H28ClN3O6S2/c1-42(38,39)19-22-5-4-6-24(15-22)43(40,41)34-31(37)30-29(25-7-2-3-8-28(25)36)26-16-23(32)13-14-27(26)35(30)18-21-11-9-20(17-33)10-12-21/h2-7,9-16H,8,17-19,33H2,1H3,(H,34,37). The predicted octanol–water partition coefficient (Wildman–Crippen LogP) is 4.38. The quantitative estimate of drug-likeness (QED) is 0.277. The molecule has 0 spiro atoms. The first-order chi connectivity index (χ1) is 20.4. The van der Waals surface area contributed by atoms with E-state index >= 15 is 0 Å². The van der Waals surface area contributed by atoms with Crippen molar-refractivity contribution < 1.29 is 26.4 Å². The minimum atomic E-state index is -4.46. The fourth-order valence-corrected chi connectivity index (χ4v) is 7.04. The number of fused-ring (bicyclic) bond motifs is 1. The summed E-state index contributed by atoms with van der Waals surface area (Å²) in [6.45, 7) is 0.531. The number of amides is 1. The van der Waals surface area contributed by atoms with Crippen molar-refractivity contribution in [3.05, 3.63) is 118 Å². The van der Waals surface area contributed by atoms with Crippen LogP contribution in [0.4, 0.5) is 0 Å². The van der Waals surface area contributed by atoms with Crippen LogP contribution in [0.3, 0.4) is 0 Å². The van der Waals surface area contributed by atoms with Gasteiger partial charge in [-0.2, -0.15) is 0 Å². The average molecular weight is 638 g/mol. The van der Waals surface area contributed by atoms with Gasteiger partial charge in [0.25, 0.3) is 15.9 Å². The average Bonchev–Trinajstić information content (AvgIpc) is 3.25. The first kappa shape index (κ1) is 30.4. The smallest absolute Gasteiger partial charge is 0.282 e. The van der Waals surface area contributed by atoms with Crippen LogP contribution in [0.5, 0.6) is 0 Å². The molecular formula is C31H28ClN3O6S2. The molecule has 1 aromatic heterocycles. The van der Waals surface area contributed by atoms with Crippen LogP contribution >= 0.6 is 11.6 Å². The minimum absolute atomic E-state index is 0.0362. The lowest BCUT2D eigenvalue weighted by atomic mass is 9.93. The lowest BCUT2D eigenvalue weighted by Gasteiger charge is -2.15. The molecule has 0 bridgehead atoms. The van der Waals surface area contributed by atoms with Crippen LogP contribution in [0.2, 0.25) is 5.02 Å². The highest BCUT2D eigenvalue weighted by Crippen LogP contribution is 2.36. The maximum absolute atomic E-state index is 14.1. The van der Waals surface area contributed by atoms with Crippen LogP contribution in [0, 0.1) is 0 Å². The first-order valence-electron chi connectivity index (χ1n) is 13.2. The molecule has 1 heterocycles. The molecule has 1 amide bonds. The maximum atomic E-state index is 14.1. The van der Waals surface area contributed by atoms with Gasteiger partial charge in [-0.25, -0.2) is 21.6 Å². The van der Waals surface area contributed by atoms with Gasteiger partial charge in [0.1, 0.15) is 5.69 Å². The van der Waals surface area contributed by atoms with Crippen molar-refractivity contribution in [2.75, 3.05) is 6.26 Å². The Hall–Kier alpha value is -4.03. The molecule has 4 aromatic rings. The van der Waals surface area contributed by atoms with Crippen LogP contribution in [-0.2, 0) is 43.5 Å². The van der Waals surface area contributed by atoms with Crippen molar-refractivity contribution in [1.82, 2.24) is 9.29 Å². The molecule has 43 heavy (non-hydrogen) atoms. The summed E-state index contributed by atoms with van der Waals surface area (Å²) in [5.41, 5.74) is 8.79. The number of nitrogens with zero attached hydrogens (tertiary/aromatic N) is 1. The van der Waals surface area contributed by atoms with E-state index in [0.29, 0.717) is 22.5 Å². The van der Waals surface area contributed by atoms with Crippen molar-refractivity contribution in [1.29, 1.82) is 0 Å². The lowest BCUT2D eigenvalue weighted by molar-refractivity contribution is -0.113. The van der Waals surface area contributed by atoms with Gasteiger partial charge >= 0.3 is 0 Å². The number of rotatable bonds is 9. The molecule has 0 atom stereocenters. The molecule has 0 saturated carbocycles. The van der Waals surface area contributed by atoms with Gasteiger partial charge in [-0.3, -0.25) is 9.59 Å². The molecule has 0 radical (unpaired) electrons. The minimum Gasteiger partial charge on any atom is -0.331 e. The summed E-state index contributed by atoms with van der Waals surface area (Å²) >= 11 is 6.37. The number of hydrogen-bond donors (Lipinski definition) is 2. The summed E-state index contributed by atoms with van der Waals surface area (Å²) in [6, 6.07) is 17.9. The zero-order valence-electron chi connectivity index (χ0n) is 23.1. The Morgan fingerprint density at radius 3 is 2.37 bits per heavy atom. The third-order valence-electron chi connectivity index (χ3n) is 6.98. The van der Waals surface area contributed by atoms with E-state index in [1.54, 1.807) is 41.0 Å². The van der Waals surface area contributed by atoms with Crippen LogP contribution in [0.25, 0.3) is 16.5 Å². The third-order valence-corrected chi connectivity index (χ3v) is 9.40. The number of nitrogens with two attached hydrogens (primary N) is 1. The Bertz CT molecular complexity index is 2040. The second-order valence-electron chi connectivity index (χ2n) is 10.3. The molecule has 5 rings (SSSR count). The fourth-order valence-electron chi connectivity index (χ4n) is 5.06. The Kier molecular flexibility index (Phi) is 8.44. The molecule has 0 unspecified atom stereocenters. The number of nitrogens with one attached hydrogen (secondary N) is 1. The number of benzene rings is 3. The Morgan fingerprint density at radius 2 is 1.70 bits per heavy atom. The molecule has 3 aromatic carbocycles. The number of hydrogen-bond acceptors (Lipinski definition) is 7. The molecule has 0 saturated heterocycles. The number of carbonyl (C=O) groups excluding carboxylic acids is 2. The summed E-state index contributed by atoms with van der Waals surface area (Å²) < 4.78 is 54.4. The summed E-state index contributed by atoms with van der Waals surface area (Å²) in [6.07, 6.45) is 6.17. The van der Waals surface area contributed by atoms with Crippen LogP contribution < -0.4 is 10.5 Å². The highest BCUT2D eigenvalue weighted by Gasteiger charge is 2.31. The lowest BCUT2D eigenvalue weighted by Crippen LogP contribution is -2.33. The van der Waals surface area contributed by atoms with Crippen molar-refractivity contribution >= 4 is 59.6 Å². The van der Waals surface area contributed by atoms with E-state index in [-0.39, 0.29) is 51.8 Å². The molecule has 222 valence electrons. The number of sulfone groups is 1. The number of ketones is 1. The summed E-state index contributed by atoms with van der Waals surface area (Å²) in [4.78, 5) is 26.9. The van der Waals surface area contributed by atoms with E-state index in [4.69, 9.17) is 17.3 Å². The van der Waals surface area contributed by atoms with Gasteiger partial charge in [0.05, 0.1) is 10.6 Å². The highest BCUT2D eigenvalue weighted by atomic mass is 35.5. The van der Waals surface area contributed by atoms with E-state index in [2.05, 4.69) is 4.72 Å². The van der Waals surface area contributed by atoms with Gasteiger partial charge in [-0.05, 0) is 47.0 Å². The van der Waals surface area contributed by atoms with Crippen molar-refractivity contribution in [2.24, 2.45) is 5.73 Å². The number of carbonyl (C=O) groups is 2. The number of allylic oxidation sites excluding steroid dienone is 4. The SMILES string of the molecule is CS(=O)(=O)Cc1cccc(S(=O)(=O)NC(=O)c2c(C3=CC=CCC3=O)c3cc(Cl)ccc3n2Cc2ccc(CN)cc2)c1. The van der Waals surface area contributed by atoms with Crippen molar-refractivity contribution in [3.8, 4) is 0 Å². The Labute approximate surface area is 254 Å². The molecule has 0 aliphatic heterocycles. The molecule has 3 N–H and O–H groups in total. The van der Waals surface area contributed by atoms with Gasteiger partial charge < -0.3 is 10.3 Å². The monoisotopic (exact) mass is 637 g/mol. The number of sulfonamides is 1. The molecule has 1 aliphatic rings. The highest BCUT2D eigenvalue weighted by molar-refractivity contribution is 7.90. The van der Waals surface area contributed by atoms with Crippen LogP contribution in [0.15, 0.2) is 89.9 Å². The van der Waals surface area contributed by atoms with Crippen molar-refractivity contribution in [2.45, 2.75) is 30.2 Å². The molecule has 1 aliphatic carbocycles. The molecule has 9 nitrogen and oxygen atoms in total. The summed E-state index contributed by atoms with van der Waals surface area (Å²) in [5.74, 6) is -1.56. The number of halogens is 1. The second-order valence-corrected chi connectivity index (χ2v) is 14.5. The second kappa shape index (κ2) is 11.9. The van der Waals surface area contributed by atoms with E-state index in [1.165, 1.54) is 24.3 Å². The van der Waals surface area contributed by atoms with Gasteiger partial charge in [0.2, 0.25) is 0 Å². The van der Waals surface area contributed by atoms with E-state index < -0.39 is 25.8 Å². The first-order valence-corrected chi connectivity index (χ1v) is 17.1. The van der Waals surface area contributed by atoms with Gasteiger partial charge in [-0.15, -0.1) is 0 Å². The fraction of sp³-hybridized carbons (Fsp3) is 0.161. The van der Waals surface area contributed by atoms with E-state index in [9.17, 15) is 26.4 Å². The normalized spacial score (nSPS) is 13.7. The third kappa shape index (κ3) is 6.65. The molecule has 0 fully saturated rings. The number of Topliss-reactive ketones (excluding diaryl/α,β-unsaturated/α-hetero) is 1. The Morgan fingerprint density at radius 1 is 0.977 bits per heavy atom. The van der Waals surface area contributed by atoms with Crippen LogP contribution in [-0.4, -0.2) is 39.3 Å². The largest absolute Gasteiger partial charge is 0.331 e. The zero-order chi connectivity index (χ0) is 30.9. The topological polar surface area (TPSA) is 145 Å². The van der Waals surface area contributed by atoms with Gasteiger partial charge in [0.15, 0.2) is 15.6 Å². The predicted molar refractivity (Wildman–Crippen MR) is 167 cm³/mol. The Balaban J connectivity index is 1.67. The number of aromatic nitrogens is 1.